The number of nitrogens with one attached hydrogen (secondary N) is 2. The van der Waals surface area contributed by atoms with Crippen LogP contribution in [0.5, 0.6) is 0 Å². The van der Waals surface area contributed by atoms with Crippen LogP contribution >= 0.6 is 37.2 Å². The smallest absolute Gasteiger partial charge is 0.222 e. The summed E-state index contributed by atoms with van der Waals surface area (Å²) in [5.74, 6) is 1.29. The number of rotatable bonds is 8. The second-order valence-electron chi connectivity index (χ2n) is 5.97. The molecule has 0 saturated carbocycles. The maximum absolute atomic E-state index is 5.80. The van der Waals surface area contributed by atoms with E-state index in [9.17, 15) is 0 Å². The van der Waals surface area contributed by atoms with E-state index in [1.54, 1.807) is 0 Å². The molecule has 1 aromatic heterocycles. The molecule has 9 heteroatoms. The van der Waals surface area contributed by atoms with Gasteiger partial charge in [0.15, 0.2) is 0 Å². The second-order valence-corrected chi connectivity index (χ2v) is 5.97. The summed E-state index contributed by atoms with van der Waals surface area (Å²) in [5.41, 5.74) is 8.03. The molecule has 1 saturated heterocycles. The van der Waals surface area contributed by atoms with Gasteiger partial charge in [0.1, 0.15) is 5.82 Å². The highest BCUT2D eigenvalue weighted by Crippen LogP contribution is 2.19. The minimum absolute atomic E-state index is 0. The largest absolute Gasteiger partial charge is 0.370 e. The van der Waals surface area contributed by atoms with Crippen LogP contribution in [0.4, 0.5) is 11.8 Å². The van der Waals surface area contributed by atoms with Crippen LogP contribution in [0.25, 0.3) is 0 Å². The Labute approximate surface area is 170 Å². The molecule has 1 fully saturated rings. The molecular formula is C16H33Cl3N6. The van der Waals surface area contributed by atoms with Crippen molar-refractivity contribution in [1.82, 2.24) is 20.2 Å². The van der Waals surface area contributed by atoms with Gasteiger partial charge in [0, 0.05) is 44.0 Å². The standard InChI is InChI=1S/C16H30N6.3ClH/c1-3-4-7-19-15-14(13(2)20-16(17)21-15)6-5-10-22-11-8-18-9-12-22;;;/h18H,3-12H2,1-2H3,(H3,17,19,20,21);3*1H. The van der Waals surface area contributed by atoms with Crippen molar-refractivity contribution in [3.8, 4) is 0 Å². The van der Waals surface area contributed by atoms with E-state index in [1.807, 2.05) is 6.92 Å². The monoisotopic (exact) mass is 414 g/mol. The highest BCUT2D eigenvalue weighted by atomic mass is 35.5. The maximum atomic E-state index is 5.80. The van der Waals surface area contributed by atoms with E-state index in [0.717, 1.165) is 70.0 Å². The van der Waals surface area contributed by atoms with E-state index in [0.29, 0.717) is 5.95 Å². The summed E-state index contributed by atoms with van der Waals surface area (Å²) in [7, 11) is 0. The molecule has 25 heavy (non-hydrogen) atoms. The van der Waals surface area contributed by atoms with E-state index in [4.69, 9.17) is 5.73 Å². The van der Waals surface area contributed by atoms with Crippen molar-refractivity contribution in [3.63, 3.8) is 0 Å². The molecule has 1 aliphatic rings. The number of nitrogens with two attached hydrogens (primary N) is 1. The number of anilines is 2. The average molecular weight is 416 g/mol. The van der Waals surface area contributed by atoms with Gasteiger partial charge in [0.2, 0.25) is 5.95 Å². The van der Waals surface area contributed by atoms with Gasteiger partial charge in [-0.05, 0) is 32.7 Å². The molecule has 2 heterocycles. The van der Waals surface area contributed by atoms with Crippen molar-refractivity contribution < 1.29 is 0 Å². The quantitative estimate of drug-likeness (QED) is 0.567. The maximum Gasteiger partial charge on any atom is 0.222 e. The molecule has 0 atom stereocenters. The summed E-state index contributed by atoms with van der Waals surface area (Å²) in [5, 5.41) is 6.82. The third-order valence-corrected chi connectivity index (χ3v) is 4.16. The van der Waals surface area contributed by atoms with E-state index in [-0.39, 0.29) is 37.2 Å². The molecule has 1 aromatic rings. The number of aromatic nitrogens is 2. The van der Waals surface area contributed by atoms with Gasteiger partial charge in [0.05, 0.1) is 0 Å². The normalized spacial score (nSPS) is 14.0. The van der Waals surface area contributed by atoms with Gasteiger partial charge in [-0.3, -0.25) is 0 Å². The van der Waals surface area contributed by atoms with Crippen molar-refractivity contribution in [2.75, 3.05) is 50.3 Å². The summed E-state index contributed by atoms with van der Waals surface area (Å²) in [6.07, 6.45) is 4.45. The molecule has 0 spiro atoms. The first-order valence-corrected chi connectivity index (χ1v) is 8.50. The second kappa shape index (κ2) is 14.6. The van der Waals surface area contributed by atoms with Crippen LogP contribution < -0.4 is 16.4 Å². The lowest BCUT2D eigenvalue weighted by Gasteiger charge is -2.27. The number of piperazine rings is 1. The molecule has 148 valence electrons. The van der Waals surface area contributed by atoms with Crippen LogP contribution in [0.15, 0.2) is 0 Å². The molecule has 0 unspecified atom stereocenters. The SMILES string of the molecule is CCCCNc1nc(N)nc(C)c1CCCN1CCNCC1.Cl.Cl.Cl. The molecule has 6 nitrogen and oxygen atoms in total. The number of nitrogen functional groups attached to an aromatic ring is 1. The first-order valence-electron chi connectivity index (χ1n) is 8.50. The highest BCUT2D eigenvalue weighted by Gasteiger charge is 2.13. The van der Waals surface area contributed by atoms with Gasteiger partial charge in [-0.15, -0.1) is 37.2 Å². The van der Waals surface area contributed by atoms with E-state index >= 15 is 0 Å². The van der Waals surface area contributed by atoms with Crippen LogP contribution in [0.2, 0.25) is 0 Å². The molecule has 1 aliphatic heterocycles. The fourth-order valence-electron chi connectivity index (χ4n) is 2.86. The molecule has 0 radical (unpaired) electrons. The lowest BCUT2D eigenvalue weighted by Crippen LogP contribution is -2.43. The van der Waals surface area contributed by atoms with Crippen molar-refractivity contribution in [3.05, 3.63) is 11.3 Å². The summed E-state index contributed by atoms with van der Waals surface area (Å²) in [4.78, 5) is 11.3. The van der Waals surface area contributed by atoms with Crippen LogP contribution in [0.1, 0.15) is 37.4 Å². The van der Waals surface area contributed by atoms with E-state index in [2.05, 4.69) is 32.4 Å². The number of hydrogen-bond donors (Lipinski definition) is 3. The Balaban J connectivity index is 0. The Morgan fingerprint density at radius 2 is 1.80 bits per heavy atom. The summed E-state index contributed by atoms with van der Waals surface area (Å²) < 4.78 is 0. The van der Waals surface area contributed by atoms with Gasteiger partial charge < -0.3 is 21.3 Å². The Morgan fingerprint density at radius 1 is 1.12 bits per heavy atom. The van der Waals surface area contributed by atoms with Gasteiger partial charge >= 0.3 is 0 Å². The highest BCUT2D eigenvalue weighted by molar-refractivity contribution is 5.86. The van der Waals surface area contributed by atoms with E-state index < -0.39 is 0 Å². The Kier molecular flexibility index (Phi) is 15.6. The Morgan fingerprint density at radius 3 is 2.44 bits per heavy atom. The van der Waals surface area contributed by atoms with Gasteiger partial charge in [0.25, 0.3) is 0 Å². The molecule has 4 N–H and O–H groups in total. The molecule has 0 amide bonds. The molecule has 2 rings (SSSR count). The predicted octanol–water partition coefficient (Wildman–Crippen LogP) is 2.68. The number of unbranched alkanes of at least 4 members (excludes halogenated alkanes) is 1. The van der Waals surface area contributed by atoms with Crippen LogP contribution in [0.3, 0.4) is 0 Å². The predicted molar refractivity (Wildman–Crippen MR) is 114 cm³/mol. The topological polar surface area (TPSA) is 79.1 Å². The van der Waals surface area contributed by atoms with Crippen molar-refractivity contribution in [2.45, 2.75) is 39.5 Å². The van der Waals surface area contributed by atoms with E-state index in [1.165, 1.54) is 12.0 Å². The number of hydrogen-bond acceptors (Lipinski definition) is 6. The number of nitrogens with zero attached hydrogens (tertiary/aromatic N) is 3. The minimum atomic E-state index is 0. The van der Waals surface area contributed by atoms with Crippen LogP contribution in [0, 0.1) is 6.92 Å². The number of aryl methyl sites for hydroxylation is 1. The van der Waals surface area contributed by atoms with Gasteiger partial charge in [-0.2, -0.15) is 4.98 Å². The van der Waals surface area contributed by atoms with Crippen molar-refractivity contribution in [2.24, 2.45) is 0 Å². The summed E-state index contributed by atoms with van der Waals surface area (Å²) >= 11 is 0. The average Bonchev–Trinajstić information content (AvgIpc) is 2.51. The molecular weight excluding hydrogens is 383 g/mol. The van der Waals surface area contributed by atoms with Crippen LogP contribution in [-0.2, 0) is 6.42 Å². The third-order valence-electron chi connectivity index (χ3n) is 4.16. The third kappa shape index (κ3) is 9.11. The lowest BCUT2D eigenvalue weighted by atomic mass is 10.1. The zero-order chi connectivity index (χ0) is 15.8. The fraction of sp³-hybridized carbons (Fsp3) is 0.750. The number of halogens is 3. The van der Waals surface area contributed by atoms with Crippen LogP contribution in [-0.4, -0.2) is 54.1 Å². The summed E-state index contributed by atoms with van der Waals surface area (Å²) in [6, 6.07) is 0. The van der Waals surface area contributed by atoms with Gasteiger partial charge in [-0.1, -0.05) is 13.3 Å². The molecule has 0 bridgehead atoms. The zero-order valence-corrected chi connectivity index (χ0v) is 17.7. The Hall–Kier alpha value is -0.530. The van der Waals surface area contributed by atoms with Crippen molar-refractivity contribution >= 4 is 49.0 Å². The first-order chi connectivity index (χ1) is 10.7. The first kappa shape index (κ1) is 26.7. The summed E-state index contributed by atoms with van der Waals surface area (Å²) in [6.45, 7) is 10.8. The lowest BCUT2D eigenvalue weighted by molar-refractivity contribution is 0.238. The molecule has 0 aromatic carbocycles. The van der Waals surface area contributed by atoms with Crippen molar-refractivity contribution in [1.29, 1.82) is 0 Å². The fourth-order valence-corrected chi connectivity index (χ4v) is 2.86. The zero-order valence-electron chi connectivity index (χ0n) is 15.2. The Bertz CT molecular complexity index is 469. The van der Waals surface area contributed by atoms with Gasteiger partial charge in [-0.25, -0.2) is 4.98 Å². The molecule has 0 aliphatic carbocycles. The minimum Gasteiger partial charge on any atom is -0.370 e.